The quantitative estimate of drug-likeness (QED) is 0.280. The normalized spacial score (nSPS) is 23.4. The largest absolute Gasteiger partial charge is 0.586 e. The number of ether oxygens (including phenoxy) is 4. The lowest BCUT2D eigenvalue weighted by Crippen LogP contribution is -2.29. The molecule has 2 heterocycles. The zero-order valence-electron chi connectivity index (χ0n) is 23.1. The van der Waals surface area contributed by atoms with E-state index in [0.717, 1.165) is 0 Å². The first-order valence-corrected chi connectivity index (χ1v) is 14.1. The number of nitrogens with zero attached hydrogens (tertiary/aromatic N) is 2. The van der Waals surface area contributed by atoms with Crippen LogP contribution in [0.2, 0.25) is 0 Å². The van der Waals surface area contributed by atoms with Gasteiger partial charge >= 0.3 is 18.4 Å². The van der Waals surface area contributed by atoms with Gasteiger partial charge in [0.25, 0.3) is 0 Å². The molecule has 0 radical (unpaired) electrons. The third-order valence-electron chi connectivity index (χ3n) is 8.14. The molecule has 1 aromatic heterocycles. The van der Waals surface area contributed by atoms with Crippen LogP contribution in [-0.4, -0.2) is 33.3 Å². The van der Waals surface area contributed by atoms with Gasteiger partial charge in [-0.05, 0) is 81.7 Å². The van der Waals surface area contributed by atoms with Crippen LogP contribution in [0, 0.1) is 5.92 Å². The Morgan fingerprint density at radius 1 is 1.07 bits per heavy atom. The second kappa shape index (κ2) is 11.0. The number of aromatic nitrogens is 2. The maximum atomic E-state index is 14.1. The average Bonchev–Trinajstić information content (AvgIpc) is 3.50. The second-order valence-corrected chi connectivity index (χ2v) is 11.1. The van der Waals surface area contributed by atoms with Crippen molar-refractivity contribution in [3.8, 4) is 22.9 Å². The molecule has 2 aliphatic carbocycles. The number of benzene rings is 2. The van der Waals surface area contributed by atoms with Gasteiger partial charge in [-0.15, -0.1) is 8.78 Å². The average molecular weight is 609 g/mol. The highest BCUT2D eigenvalue weighted by molar-refractivity contribution is 5.70. The molecule has 1 unspecified atom stereocenters. The van der Waals surface area contributed by atoms with Gasteiger partial charge < -0.3 is 24.1 Å². The summed E-state index contributed by atoms with van der Waals surface area (Å²) in [7, 11) is 0. The molecule has 2 aromatic carbocycles. The molecular formula is C30H29F5N2O6. The van der Waals surface area contributed by atoms with E-state index in [4.69, 9.17) is 9.47 Å². The van der Waals surface area contributed by atoms with Gasteiger partial charge in [-0.25, -0.2) is 4.68 Å². The van der Waals surface area contributed by atoms with Crippen molar-refractivity contribution < 1.29 is 50.8 Å². The molecule has 8 nitrogen and oxygen atoms in total. The molecule has 0 saturated heterocycles. The third-order valence-corrected chi connectivity index (χ3v) is 8.14. The van der Waals surface area contributed by atoms with Gasteiger partial charge in [0.05, 0.1) is 23.4 Å². The van der Waals surface area contributed by atoms with Crippen molar-refractivity contribution in [3.63, 3.8) is 0 Å². The minimum absolute atomic E-state index is 0.0971. The molecule has 1 saturated carbocycles. The molecule has 3 aliphatic rings. The van der Waals surface area contributed by atoms with Crippen molar-refractivity contribution in [2.45, 2.75) is 82.7 Å². The fourth-order valence-corrected chi connectivity index (χ4v) is 6.06. The summed E-state index contributed by atoms with van der Waals surface area (Å²) in [6.45, 7) is 1.70. The van der Waals surface area contributed by atoms with Gasteiger partial charge in [0, 0.05) is 11.6 Å². The van der Waals surface area contributed by atoms with Gasteiger partial charge in [-0.2, -0.15) is 18.3 Å². The van der Waals surface area contributed by atoms with E-state index < -0.39 is 42.3 Å². The lowest BCUT2D eigenvalue weighted by atomic mass is 9.87. The molecule has 0 bridgehead atoms. The Kier molecular flexibility index (Phi) is 7.47. The van der Waals surface area contributed by atoms with E-state index in [1.54, 1.807) is 37.3 Å². The smallest absolute Gasteiger partial charge is 0.486 e. The van der Waals surface area contributed by atoms with Crippen LogP contribution in [0.15, 0.2) is 42.5 Å². The van der Waals surface area contributed by atoms with E-state index in [2.05, 4.69) is 14.6 Å². The van der Waals surface area contributed by atoms with Gasteiger partial charge in [-0.1, -0.05) is 12.1 Å². The number of carboxylic acids is 1. The Morgan fingerprint density at radius 2 is 1.81 bits per heavy atom. The maximum Gasteiger partial charge on any atom is 0.586 e. The first kappa shape index (κ1) is 29.2. The van der Waals surface area contributed by atoms with Gasteiger partial charge in [0.1, 0.15) is 18.0 Å². The van der Waals surface area contributed by atoms with Crippen molar-refractivity contribution >= 4 is 5.97 Å². The molecule has 1 fully saturated rings. The van der Waals surface area contributed by atoms with E-state index in [-0.39, 0.29) is 29.6 Å². The number of fused-ring (bicyclic) bond motifs is 2. The highest BCUT2D eigenvalue weighted by Crippen LogP contribution is 2.44. The van der Waals surface area contributed by atoms with E-state index >= 15 is 0 Å². The standard InChI is InChI=1S/C30H29F5N2O6/c1-16(18-10-13-23-25(14-18)43-30(34,35)42-23)40-21-5-2-4-19(15-21)37-26-22(27(36-37)29(31,32)33)6-3-7-24(26)41-20-11-8-17(9-12-20)28(38)39/h2,4-5,10,13-17,20,24H,3,6-9,11-12H2,1H3,(H,38,39)/t16-,17?,20?,24?/m1/s1. The Hall–Kier alpha value is -3.87. The van der Waals surface area contributed by atoms with Crippen LogP contribution >= 0.6 is 0 Å². The number of hydrogen-bond donors (Lipinski definition) is 1. The van der Waals surface area contributed by atoms with Crippen LogP contribution in [0.4, 0.5) is 22.0 Å². The van der Waals surface area contributed by atoms with Crippen LogP contribution in [-0.2, 0) is 22.1 Å². The van der Waals surface area contributed by atoms with Gasteiger partial charge in [-0.3, -0.25) is 4.79 Å². The molecule has 43 heavy (non-hydrogen) atoms. The summed E-state index contributed by atoms with van der Waals surface area (Å²) < 4.78 is 91.9. The number of rotatable bonds is 7. The van der Waals surface area contributed by atoms with Crippen molar-refractivity contribution in [2.24, 2.45) is 5.92 Å². The minimum atomic E-state index is -4.67. The van der Waals surface area contributed by atoms with Crippen LogP contribution in [0.3, 0.4) is 0 Å². The first-order chi connectivity index (χ1) is 20.4. The van der Waals surface area contributed by atoms with Crippen molar-refractivity contribution in [1.29, 1.82) is 0 Å². The first-order valence-electron chi connectivity index (χ1n) is 14.1. The highest BCUT2D eigenvalue weighted by Gasteiger charge is 2.44. The Labute approximate surface area is 243 Å². The fourth-order valence-electron chi connectivity index (χ4n) is 6.06. The van der Waals surface area contributed by atoms with E-state index in [1.165, 1.54) is 16.8 Å². The summed E-state index contributed by atoms with van der Waals surface area (Å²) in [6.07, 6.45) is -6.82. The zero-order chi connectivity index (χ0) is 30.5. The van der Waals surface area contributed by atoms with Gasteiger partial charge in [0.15, 0.2) is 17.2 Å². The molecule has 0 amide bonds. The summed E-state index contributed by atoms with van der Waals surface area (Å²) in [4.78, 5) is 11.3. The monoisotopic (exact) mass is 608 g/mol. The number of carboxylic acid groups (broad SMARTS) is 1. The van der Waals surface area contributed by atoms with Crippen molar-refractivity contribution in [2.75, 3.05) is 0 Å². The summed E-state index contributed by atoms with van der Waals surface area (Å²) in [6, 6.07) is 10.7. The number of carbonyl (C=O) groups is 1. The van der Waals surface area contributed by atoms with E-state index in [1.807, 2.05) is 0 Å². The highest BCUT2D eigenvalue weighted by atomic mass is 19.4. The number of alkyl halides is 5. The van der Waals surface area contributed by atoms with E-state index in [9.17, 15) is 31.9 Å². The zero-order valence-corrected chi connectivity index (χ0v) is 23.1. The van der Waals surface area contributed by atoms with Crippen LogP contribution in [0.5, 0.6) is 17.2 Å². The summed E-state index contributed by atoms with van der Waals surface area (Å²) in [5.74, 6) is -1.18. The molecule has 2 atom stereocenters. The Bertz CT molecular complexity index is 1520. The second-order valence-electron chi connectivity index (χ2n) is 11.1. The van der Waals surface area contributed by atoms with Crippen molar-refractivity contribution in [3.05, 3.63) is 65.0 Å². The topological polar surface area (TPSA) is 92.0 Å². The molecule has 6 rings (SSSR count). The van der Waals surface area contributed by atoms with Crippen LogP contribution in [0.25, 0.3) is 5.69 Å². The molecule has 230 valence electrons. The minimum Gasteiger partial charge on any atom is -0.486 e. The Morgan fingerprint density at radius 3 is 2.53 bits per heavy atom. The molecule has 3 aromatic rings. The van der Waals surface area contributed by atoms with Crippen LogP contribution < -0.4 is 14.2 Å². The molecule has 13 heteroatoms. The lowest BCUT2D eigenvalue weighted by Gasteiger charge is -2.32. The van der Waals surface area contributed by atoms with Crippen molar-refractivity contribution in [1.82, 2.24) is 9.78 Å². The van der Waals surface area contributed by atoms with Crippen LogP contribution in [0.1, 0.15) is 80.2 Å². The lowest BCUT2D eigenvalue weighted by molar-refractivity contribution is -0.286. The number of hydrogen-bond acceptors (Lipinski definition) is 6. The predicted molar refractivity (Wildman–Crippen MR) is 140 cm³/mol. The third kappa shape index (κ3) is 5.99. The molecule has 1 N–H and O–H groups in total. The summed E-state index contributed by atoms with van der Waals surface area (Å²) in [5, 5.41) is 13.3. The molecule has 1 aliphatic heterocycles. The predicted octanol–water partition coefficient (Wildman–Crippen LogP) is 7.39. The number of aliphatic carboxylic acids is 1. The summed E-state index contributed by atoms with van der Waals surface area (Å²) >= 11 is 0. The summed E-state index contributed by atoms with van der Waals surface area (Å²) in [5.41, 5.74) is 0.335. The number of halogens is 5. The van der Waals surface area contributed by atoms with E-state index in [0.29, 0.717) is 61.2 Å². The SMILES string of the molecule is C[C@@H](Oc1cccc(-n2nc(C(F)(F)F)c3c2C(OC2CCC(C(=O)O)CC2)CCC3)c1)c1ccc2c(c1)OC(F)(F)O2. The maximum absolute atomic E-state index is 14.1. The molecular weight excluding hydrogens is 579 g/mol. The van der Waals surface area contributed by atoms with Gasteiger partial charge in [0.2, 0.25) is 0 Å². The fraction of sp³-hybridized carbons (Fsp3) is 0.467. The Balaban J connectivity index is 1.27. The molecule has 0 spiro atoms.